The van der Waals surface area contributed by atoms with Crippen molar-refractivity contribution in [3.05, 3.63) is 83.7 Å². The highest BCUT2D eigenvalue weighted by atomic mass is 15.1. The minimum absolute atomic E-state index is 0.387. The van der Waals surface area contributed by atoms with Crippen LogP contribution in [0.4, 0.5) is 5.69 Å². The predicted octanol–water partition coefficient (Wildman–Crippen LogP) is 5.59. The molecule has 0 saturated carbocycles. The summed E-state index contributed by atoms with van der Waals surface area (Å²) in [4.78, 5) is 11.4. The molecule has 0 bridgehead atoms. The minimum atomic E-state index is 0.387. The molecule has 2 aromatic carbocycles. The first kappa shape index (κ1) is 17.6. The van der Waals surface area contributed by atoms with E-state index in [1.807, 2.05) is 18.6 Å². The summed E-state index contributed by atoms with van der Waals surface area (Å²) in [6.45, 7) is 7.26. The van der Waals surface area contributed by atoms with E-state index in [4.69, 9.17) is 0 Å². The van der Waals surface area contributed by atoms with Crippen molar-refractivity contribution in [2.75, 3.05) is 6.54 Å². The third kappa shape index (κ3) is 3.99. The van der Waals surface area contributed by atoms with Gasteiger partial charge in [-0.15, -0.1) is 0 Å². The normalized spacial score (nSPS) is 15.3. The van der Waals surface area contributed by atoms with Crippen LogP contribution in [-0.2, 0) is 13.1 Å². The van der Waals surface area contributed by atoms with E-state index in [9.17, 15) is 0 Å². The monoisotopic (exact) mass is 355 g/mol. The van der Waals surface area contributed by atoms with E-state index < -0.39 is 0 Å². The second-order valence-electron chi connectivity index (χ2n) is 7.21. The topological polar surface area (TPSA) is 28.5 Å². The molecule has 3 heteroatoms. The Labute approximate surface area is 161 Å². The highest BCUT2D eigenvalue weighted by Gasteiger charge is 2.15. The fourth-order valence-electron chi connectivity index (χ4n) is 3.60. The fraction of sp³-hybridized carbons (Fsp3) is 0.250. The van der Waals surface area contributed by atoms with E-state index >= 15 is 0 Å². The van der Waals surface area contributed by atoms with Gasteiger partial charge in [0.1, 0.15) is 0 Å². The molecule has 3 nitrogen and oxygen atoms in total. The van der Waals surface area contributed by atoms with Crippen molar-refractivity contribution in [3.8, 4) is 11.1 Å². The summed E-state index contributed by atoms with van der Waals surface area (Å²) in [5.74, 6) is 0.387. The highest BCUT2D eigenvalue weighted by molar-refractivity contribution is 5.82. The van der Waals surface area contributed by atoms with E-state index in [-0.39, 0.29) is 0 Å². The van der Waals surface area contributed by atoms with Gasteiger partial charge in [0, 0.05) is 43.2 Å². The highest BCUT2D eigenvalue weighted by Crippen LogP contribution is 2.35. The van der Waals surface area contributed by atoms with E-state index in [2.05, 4.69) is 83.3 Å². The van der Waals surface area contributed by atoms with Crippen molar-refractivity contribution in [2.45, 2.75) is 32.9 Å². The van der Waals surface area contributed by atoms with Crippen molar-refractivity contribution in [2.24, 2.45) is 4.99 Å². The van der Waals surface area contributed by atoms with Crippen LogP contribution in [0.25, 0.3) is 11.1 Å². The van der Waals surface area contributed by atoms with Crippen molar-refractivity contribution in [1.82, 2.24) is 9.88 Å². The summed E-state index contributed by atoms with van der Waals surface area (Å²) in [6.07, 6.45) is 5.96. The molecular weight excluding hydrogens is 330 g/mol. The number of aromatic nitrogens is 1. The SMILES string of the molecule is CCN(Cc1ccccc1)Cc1cncc(-c2ccc3c(c2)C(C)C=N3)c1. The van der Waals surface area contributed by atoms with Crippen molar-refractivity contribution in [3.63, 3.8) is 0 Å². The molecule has 0 spiro atoms. The Morgan fingerprint density at radius 2 is 1.70 bits per heavy atom. The second kappa shape index (κ2) is 7.85. The number of hydrogen-bond donors (Lipinski definition) is 0. The van der Waals surface area contributed by atoms with Crippen LogP contribution >= 0.6 is 0 Å². The Morgan fingerprint density at radius 3 is 2.52 bits per heavy atom. The molecule has 136 valence electrons. The van der Waals surface area contributed by atoms with Crippen LogP contribution < -0.4 is 0 Å². The molecular formula is C24H25N3. The number of hydrogen-bond acceptors (Lipinski definition) is 3. The number of benzene rings is 2. The van der Waals surface area contributed by atoms with Crippen LogP contribution in [0.15, 0.2) is 72.0 Å². The predicted molar refractivity (Wildman–Crippen MR) is 112 cm³/mol. The van der Waals surface area contributed by atoms with Crippen LogP contribution in [0, 0.1) is 0 Å². The zero-order valence-electron chi connectivity index (χ0n) is 16.0. The van der Waals surface area contributed by atoms with Gasteiger partial charge >= 0.3 is 0 Å². The molecule has 4 rings (SSSR count). The third-order valence-corrected chi connectivity index (χ3v) is 5.19. The zero-order chi connectivity index (χ0) is 18.6. The summed E-state index contributed by atoms with van der Waals surface area (Å²) in [7, 11) is 0. The first-order valence-electron chi connectivity index (χ1n) is 9.61. The molecule has 1 unspecified atom stereocenters. The number of nitrogens with zero attached hydrogens (tertiary/aromatic N) is 3. The first-order valence-corrected chi connectivity index (χ1v) is 9.61. The van der Waals surface area contributed by atoms with Gasteiger partial charge in [0.2, 0.25) is 0 Å². The Bertz CT molecular complexity index is 947. The average molecular weight is 355 g/mol. The first-order chi connectivity index (χ1) is 13.2. The molecule has 0 fully saturated rings. The second-order valence-corrected chi connectivity index (χ2v) is 7.21. The van der Waals surface area contributed by atoms with E-state index in [1.54, 1.807) is 0 Å². The lowest BCUT2D eigenvalue weighted by Gasteiger charge is -2.20. The fourth-order valence-corrected chi connectivity index (χ4v) is 3.60. The molecule has 0 N–H and O–H groups in total. The van der Waals surface area contributed by atoms with Crippen LogP contribution in [0.1, 0.15) is 36.5 Å². The molecule has 0 amide bonds. The van der Waals surface area contributed by atoms with E-state index in [0.717, 1.165) is 25.3 Å². The van der Waals surface area contributed by atoms with Gasteiger partial charge < -0.3 is 0 Å². The number of pyridine rings is 1. The molecule has 1 atom stereocenters. The largest absolute Gasteiger partial charge is 0.295 e. The van der Waals surface area contributed by atoms with Gasteiger partial charge in [0.15, 0.2) is 0 Å². The molecule has 0 aliphatic carbocycles. The van der Waals surface area contributed by atoms with Crippen LogP contribution in [-0.4, -0.2) is 22.6 Å². The van der Waals surface area contributed by atoms with Gasteiger partial charge in [0.25, 0.3) is 0 Å². The number of rotatable bonds is 6. The van der Waals surface area contributed by atoms with E-state index in [1.165, 1.54) is 27.8 Å². The van der Waals surface area contributed by atoms with Crippen LogP contribution in [0.3, 0.4) is 0 Å². The number of aliphatic imine (C=N–C) groups is 1. The maximum atomic E-state index is 4.51. The lowest BCUT2D eigenvalue weighted by molar-refractivity contribution is 0.271. The van der Waals surface area contributed by atoms with Crippen LogP contribution in [0.5, 0.6) is 0 Å². The Hall–Kier alpha value is -2.78. The maximum Gasteiger partial charge on any atom is 0.0664 e. The van der Waals surface area contributed by atoms with Crippen LogP contribution in [0.2, 0.25) is 0 Å². The molecule has 3 aromatic rings. The minimum Gasteiger partial charge on any atom is -0.295 e. The van der Waals surface area contributed by atoms with Crippen molar-refractivity contribution >= 4 is 11.9 Å². The molecule has 2 heterocycles. The Morgan fingerprint density at radius 1 is 0.889 bits per heavy atom. The summed E-state index contributed by atoms with van der Waals surface area (Å²) in [5.41, 5.74) is 7.37. The number of fused-ring (bicyclic) bond motifs is 1. The summed E-state index contributed by atoms with van der Waals surface area (Å²) in [5, 5.41) is 0. The molecule has 1 aliphatic heterocycles. The molecule has 1 aliphatic rings. The standard InChI is InChI=1S/C24H25N3/c1-3-27(16-19-7-5-4-6-8-19)17-20-11-22(15-25-14-20)21-9-10-24-23(12-21)18(2)13-26-24/h4-15,18H,3,16-17H2,1-2H3. The Kier molecular flexibility index (Phi) is 5.12. The van der Waals surface area contributed by atoms with Gasteiger partial charge in [-0.2, -0.15) is 0 Å². The molecule has 0 saturated heterocycles. The van der Waals surface area contributed by atoms with Gasteiger partial charge in [0.05, 0.1) is 5.69 Å². The molecule has 1 aromatic heterocycles. The summed E-state index contributed by atoms with van der Waals surface area (Å²) >= 11 is 0. The van der Waals surface area contributed by atoms with Crippen molar-refractivity contribution < 1.29 is 0 Å². The van der Waals surface area contributed by atoms with Gasteiger partial charge in [-0.05, 0) is 47.0 Å². The summed E-state index contributed by atoms with van der Waals surface area (Å²) in [6, 6.07) is 19.4. The van der Waals surface area contributed by atoms with Gasteiger partial charge in [-0.3, -0.25) is 14.9 Å². The molecule has 0 radical (unpaired) electrons. The van der Waals surface area contributed by atoms with E-state index in [0.29, 0.717) is 5.92 Å². The third-order valence-electron chi connectivity index (χ3n) is 5.19. The average Bonchev–Trinajstić information content (AvgIpc) is 3.09. The van der Waals surface area contributed by atoms with Crippen molar-refractivity contribution in [1.29, 1.82) is 0 Å². The van der Waals surface area contributed by atoms with Gasteiger partial charge in [-0.1, -0.05) is 50.2 Å². The lowest BCUT2D eigenvalue weighted by Crippen LogP contribution is -2.22. The quantitative estimate of drug-likeness (QED) is 0.576. The molecule has 27 heavy (non-hydrogen) atoms. The lowest BCUT2D eigenvalue weighted by atomic mass is 9.97. The maximum absolute atomic E-state index is 4.51. The van der Waals surface area contributed by atoms with Gasteiger partial charge in [-0.25, -0.2) is 0 Å². The summed E-state index contributed by atoms with van der Waals surface area (Å²) < 4.78 is 0. The zero-order valence-corrected chi connectivity index (χ0v) is 16.0. The smallest absolute Gasteiger partial charge is 0.0664 e. The Balaban J connectivity index is 1.53.